The molecule has 1 rings (SSSR count). The Labute approximate surface area is 108 Å². The van der Waals surface area contributed by atoms with Crippen LogP contribution in [0, 0.1) is 5.41 Å². The van der Waals surface area contributed by atoms with E-state index in [4.69, 9.17) is 0 Å². The number of hydrogen-bond acceptors (Lipinski definition) is 2. The van der Waals surface area contributed by atoms with Gasteiger partial charge in [-0.1, -0.05) is 30.9 Å². The smallest absolute Gasteiger partial charge is 0.310 e. The van der Waals surface area contributed by atoms with Gasteiger partial charge in [0.05, 0.1) is 5.41 Å². The first-order valence-corrected chi connectivity index (χ1v) is 6.60. The molecule has 0 unspecified atom stereocenters. The highest BCUT2D eigenvalue weighted by molar-refractivity contribution is 5.85. The second-order valence-corrected chi connectivity index (χ2v) is 5.41. The first-order chi connectivity index (χ1) is 8.46. The second kappa shape index (κ2) is 6.57. The molecule has 0 spiro atoms. The Morgan fingerprint density at radius 1 is 1.22 bits per heavy atom. The molecule has 4 nitrogen and oxygen atoms in total. The van der Waals surface area contributed by atoms with Gasteiger partial charge < -0.3 is 10.4 Å². The van der Waals surface area contributed by atoms with Crippen molar-refractivity contribution < 1.29 is 14.7 Å². The summed E-state index contributed by atoms with van der Waals surface area (Å²) in [5, 5.41) is 12.1. The summed E-state index contributed by atoms with van der Waals surface area (Å²) in [4.78, 5) is 23.2. The van der Waals surface area contributed by atoms with Crippen LogP contribution in [0.1, 0.15) is 52.4 Å². The highest BCUT2D eigenvalue weighted by Crippen LogP contribution is 2.39. The highest BCUT2D eigenvalue weighted by Gasteiger charge is 2.41. The predicted octanol–water partition coefficient (Wildman–Crippen LogP) is 2.49. The van der Waals surface area contributed by atoms with E-state index in [0.29, 0.717) is 19.4 Å². The van der Waals surface area contributed by atoms with Gasteiger partial charge in [0.15, 0.2) is 0 Å². The zero-order valence-electron chi connectivity index (χ0n) is 11.3. The molecule has 0 heterocycles. The second-order valence-electron chi connectivity index (χ2n) is 5.41. The minimum Gasteiger partial charge on any atom is -0.481 e. The topological polar surface area (TPSA) is 66.4 Å². The van der Waals surface area contributed by atoms with Crippen LogP contribution in [0.3, 0.4) is 0 Å². The van der Waals surface area contributed by atoms with Crippen molar-refractivity contribution in [2.45, 2.75) is 52.4 Å². The van der Waals surface area contributed by atoms with Crippen molar-refractivity contribution in [1.29, 1.82) is 0 Å². The van der Waals surface area contributed by atoms with Gasteiger partial charge >= 0.3 is 5.97 Å². The molecule has 102 valence electrons. The number of aliphatic carboxylic acids is 1. The van der Waals surface area contributed by atoms with E-state index in [0.717, 1.165) is 24.8 Å². The summed E-state index contributed by atoms with van der Waals surface area (Å²) in [5.74, 6) is -0.976. The summed E-state index contributed by atoms with van der Waals surface area (Å²) in [7, 11) is 0. The van der Waals surface area contributed by atoms with Crippen LogP contribution >= 0.6 is 0 Å². The molecule has 4 heteroatoms. The van der Waals surface area contributed by atoms with Gasteiger partial charge in [0, 0.05) is 13.0 Å². The normalized spacial score (nSPS) is 17.9. The lowest BCUT2D eigenvalue weighted by Gasteiger charge is -2.32. The molecular formula is C14H23NO3. The molecule has 1 fully saturated rings. The van der Waals surface area contributed by atoms with E-state index in [1.54, 1.807) is 0 Å². The quantitative estimate of drug-likeness (QED) is 0.740. The molecule has 0 atom stereocenters. The largest absolute Gasteiger partial charge is 0.481 e. The van der Waals surface area contributed by atoms with Gasteiger partial charge in [-0.25, -0.2) is 0 Å². The molecule has 0 aromatic rings. The third kappa shape index (κ3) is 4.17. The maximum absolute atomic E-state index is 11.8. The third-order valence-corrected chi connectivity index (χ3v) is 3.57. The highest BCUT2D eigenvalue weighted by atomic mass is 16.4. The van der Waals surface area contributed by atoms with Crippen molar-refractivity contribution >= 4 is 11.9 Å². The van der Waals surface area contributed by atoms with Crippen LogP contribution in [0.25, 0.3) is 0 Å². The standard InChI is InChI=1S/C14H23NO3/c1-11(2)6-9-15-12(16)10-14(13(17)18)7-4-3-5-8-14/h6H,3-5,7-10H2,1-2H3,(H,15,16)(H,17,18). The van der Waals surface area contributed by atoms with Crippen LogP contribution < -0.4 is 5.32 Å². The number of nitrogens with one attached hydrogen (secondary N) is 1. The average Bonchev–Trinajstić information content (AvgIpc) is 2.29. The molecule has 2 N–H and O–H groups in total. The molecule has 0 aromatic carbocycles. The van der Waals surface area contributed by atoms with Crippen molar-refractivity contribution in [3.05, 3.63) is 11.6 Å². The van der Waals surface area contributed by atoms with E-state index in [-0.39, 0.29) is 12.3 Å². The summed E-state index contributed by atoms with van der Waals surface area (Å²) in [6, 6.07) is 0. The Hall–Kier alpha value is -1.32. The van der Waals surface area contributed by atoms with Crippen LogP contribution in [-0.4, -0.2) is 23.5 Å². The third-order valence-electron chi connectivity index (χ3n) is 3.57. The summed E-state index contributed by atoms with van der Waals surface area (Å²) < 4.78 is 0. The van der Waals surface area contributed by atoms with E-state index < -0.39 is 11.4 Å². The van der Waals surface area contributed by atoms with Crippen LogP contribution in [0.15, 0.2) is 11.6 Å². The number of carbonyl (C=O) groups excluding carboxylic acids is 1. The molecule has 18 heavy (non-hydrogen) atoms. The maximum Gasteiger partial charge on any atom is 0.310 e. The lowest BCUT2D eigenvalue weighted by Crippen LogP contribution is -2.39. The zero-order chi connectivity index (χ0) is 13.6. The fourth-order valence-electron chi connectivity index (χ4n) is 2.43. The Bertz CT molecular complexity index is 337. The van der Waals surface area contributed by atoms with Crippen molar-refractivity contribution in [1.82, 2.24) is 5.32 Å². The van der Waals surface area contributed by atoms with Crippen LogP contribution in [0.5, 0.6) is 0 Å². The molecule has 0 radical (unpaired) electrons. The van der Waals surface area contributed by atoms with Crippen molar-refractivity contribution in [3.8, 4) is 0 Å². The Morgan fingerprint density at radius 2 is 1.83 bits per heavy atom. The monoisotopic (exact) mass is 253 g/mol. The fraction of sp³-hybridized carbons (Fsp3) is 0.714. The van der Waals surface area contributed by atoms with Gasteiger partial charge in [-0.3, -0.25) is 9.59 Å². The van der Waals surface area contributed by atoms with Gasteiger partial charge in [0.1, 0.15) is 0 Å². The minimum absolute atomic E-state index is 0.110. The maximum atomic E-state index is 11.8. The lowest BCUT2D eigenvalue weighted by atomic mass is 9.71. The fourth-order valence-corrected chi connectivity index (χ4v) is 2.43. The Balaban J connectivity index is 2.53. The number of allylic oxidation sites excluding steroid dienone is 1. The van der Waals surface area contributed by atoms with E-state index in [1.165, 1.54) is 0 Å². The number of rotatable bonds is 5. The van der Waals surface area contributed by atoms with E-state index in [1.807, 2.05) is 19.9 Å². The number of amides is 1. The summed E-state index contributed by atoms with van der Waals surface area (Å²) in [6.45, 7) is 4.41. The first-order valence-electron chi connectivity index (χ1n) is 6.60. The molecule has 0 aromatic heterocycles. The van der Waals surface area contributed by atoms with Crippen molar-refractivity contribution in [2.75, 3.05) is 6.54 Å². The van der Waals surface area contributed by atoms with Gasteiger partial charge in [-0.05, 0) is 26.7 Å². The van der Waals surface area contributed by atoms with E-state index in [9.17, 15) is 14.7 Å². The van der Waals surface area contributed by atoms with Gasteiger partial charge in [-0.2, -0.15) is 0 Å². The SMILES string of the molecule is CC(C)=CCNC(=O)CC1(C(=O)O)CCCCC1. The van der Waals surface area contributed by atoms with E-state index >= 15 is 0 Å². The summed E-state index contributed by atoms with van der Waals surface area (Å²) in [5.41, 5.74) is 0.314. The number of carboxylic acid groups (broad SMARTS) is 1. The zero-order valence-corrected chi connectivity index (χ0v) is 11.3. The number of hydrogen-bond donors (Lipinski definition) is 2. The minimum atomic E-state index is -0.826. The number of carbonyl (C=O) groups is 2. The van der Waals surface area contributed by atoms with Crippen molar-refractivity contribution in [3.63, 3.8) is 0 Å². The Morgan fingerprint density at radius 3 is 2.33 bits per heavy atom. The number of carboxylic acids is 1. The molecular weight excluding hydrogens is 230 g/mol. The van der Waals surface area contributed by atoms with Gasteiger partial charge in [0.2, 0.25) is 5.91 Å². The van der Waals surface area contributed by atoms with Crippen LogP contribution in [-0.2, 0) is 9.59 Å². The van der Waals surface area contributed by atoms with Crippen LogP contribution in [0.2, 0.25) is 0 Å². The molecule has 1 aliphatic carbocycles. The first kappa shape index (κ1) is 14.7. The average molecular weight is 253 g/mol. The Kier molecular flexibility index (Phi) is 5.38. The molecule has 0 bridgehead atoms. The summed E-state index contributed by atoms with van der Waals surface area (Å²) in [6.07, 6.45) is 6.18. The molecule has 1 amide bonds. The van der Waals surface area contributed by atoms with E-state index in [2.05, 4.69) is 5.32 Å². The van der Waals surface area contributed by atoms with Crippen LogP contribution in [0.4, 0.5) is 0 Å². The summed E-state index contributed by atoms with van der Waals surface area (Å²) >= 11 is 0. The lowest BCUT2D eigenvalue weighted by molar-refractivity contribution is -0.154. The van der Waals surface area contributed by atoms with Gasteiger partial charge in [-0.15, -0.1) is 0 Å². The molecule has 0 aliphatic heterocycles. The van der Waals surface area contributed by atoms with Gasteiger partial charge in [0.25, 0.3) is 0 Å². The predicted molar refractivity (Wildman–Crippen MR) is 70.2 cm³/mol. The molecule has 0 saturated heterocycles. The molecule has 1 aliphatic rings. The van der Waals surface area contributed by atoms with Crippen molar-refractivity contribution in [2.24, 2.45) is 5.41 Å². The molecule has 1 saturated carbocycles.